The smallest absolute Gasteiger partial charge is 0.235 e. The number of benzene rings is 1. The topological polar surface area (TPSA) is 76.4 Å². The Kier molecular flexibility index (Phi) is 5.03. The maximum absolute atomic E-state index is 11.9. The summed E-state index contributed by atoms with van der Waals surface area (Å²) in [6.45, 7) is 0.169. The largest absolute Gasteiger partial charge is 0.467 e. The predicted octanol–water partition coefficient (Wildman–Crippen LogP) is 2.16. The second-order valence-electron chi connectivity index (χ2n) is 4.51. The molecule has 0 bridgehead atoms. The molecule has 1 aromatic carbocycles. The third-order valence-corrected chi connectivity index (χ3v) is 4.42. The molecule has 7 heteroatoms. The summed E-state index contributed by atoms with van der Waals surface area (Å²) in [4.78, 5) is 11.6. The molecule has 21 heavy (non-hydrogen) atoms. The highest BCUT2D eigenvalue weighted by Crippen LogP contribution is 2.12. The fourth-order valence-corrected chi connectivity index (χ4v) is 3.17. The number of rotatable bonds is 6. The molecular weight excluding hydrogens is 314 g/mol. The van der Waals surface area contributed by atoms with Gasteiger partial charge < -0.3 is 9.73 Å². The van der Waals surface area contributed by atoms with E-state index in [1.807, 2.05) is 0 Å². The molecule has 0 atom stereocenters. The van der Waals surface area contributed by atoms with Gasteiger partial charge in [0.15, 0.2) is 9.84 Å². The number of furan rings is 1. The van der Waals surface area contributed by atoms with Crippen LogP contribution >= 0.6 is 11.6 Å². The van der Waals surface area contributed by atoms with Gasteiger partial charge in [0, 0.05) is 5.02 Å². The second-order valence-corrected chi connectivity index (χ2v) is 7.02. The molecule has 5 nitrogen and oxygen atoms in total. The van der Waals surface area contributed by atoms with E-state index in [4.69, 9.17) is 16.0 Å². The van der Waals surface area contributed by atoms with Gasteiger partial charge in [-0.2, -0.15) is 0 Å². The molecule has 1 N–H and O–H groups in total. The fourth-order valence-electron chi connectivity index (χ4n) is 1.74. The van der Waals surface area contributed by atoms with Crippen LogP contribution in [0.5, 0.6) is 0 Å². The van der Waals surface area contributed by atoms with Crippen LogP contribution in [-0.4, -0.2) is 20.1 Å². The number of nitrogens with one attached hydrogen (secondary N) is 1. The standard InChI is InChI=1S/C14H14ClNO4S/c15-12-5-3-11(4-6-12)9-21(18,19)10-14(17)16-8-13-2-1-7-20-13/h1-7H,8-10H2,(H,16,17). The summed E-state index contributed by atoms with van der Waals surface area (Å²) in [5, 5.41) is 3.04. The zero-order valence-electron chi connectivity index (χ0n) is 11.1. The van der Waals surface area contributed by atoms with Gasteiger partial charge in [-0.05, 0) is 29.8 Å². The Morgan fingerprint density at radius 3 is 2.52 bits per heavy atom. The minimum absolute atomic E-state index is 0.169. The average molecular weight is 328 g/mol. The van der Waals surface area contributed by atoms with Crippen molar-refractivity contribution in [1.29, 1.82) is 0 Å². The lowest BCUT2D eigenvalue weighted by Gasteiger charge is -2.05. The normalized spacial score (nSPS) is 11.3. The molecule has 2 aromatic rings. The summed E-state index contributed by atoms with van der Waals surface area (Å²) in [5.74, 6) is -0.742. The molecule has 0 unspecified atom stereocenters. The van der Waals surface area contributed by atoms with Crippen LogP contribution in [0.4, 0.5) is 0 Å². The van der Waals surface area contributed by atoms with E-state index in [0.717, 1.165) is 0 Å². The molecule has 1 amide bonds. The van der Waals surface area contributed by atoms with Crippen LogP contribution < -0.4 is 5.32 Å². The number of carbonyl (C=O) groups is 1. The van der Waals surface area contributed by atoms with E-state index < -0.39 is 21.5 Å². The lowest BCUT2D eigenvalue weighted by Crippen LogP contribution is -2.30. The summed E-state index contributed by atoms with van der Waals surface area (Å²) < 4.78 is 28.9. The van der Waals surface area contributed by atoms with Gasteiger partial charge in [-0.25, -0.2) is 8.42 Å². The molecule has 2 rings (SSSR count). The zero-order valence-corrected chi connectivity index (χ0v) is 12.7. The number of hydrogen-bond donors (Lipinski definition) is 1. The van der Waals surface area contributed by atoms with Crippen molar-refractivity contribution in [2.75, 3.05) is 5.75 Å². The third kappa shape index (κ3) is 5.24. The molecular formula is C14H14ClNO4S. The van der Waals surface area contributed by atoms with Gasteiger partial charge in [-0.1, -0.05) is 23.7 Å². The SMILES string of the molecule is O=C(CS(=O)(=O)Cc1ccc(Cl)cc1)NCc1ccco1. The molecule has 0 saturated carbocycles. The van der Waals surface area contributed by atoms with E-state index in [9.17, 15) is 13.2 Å². The molecule has 112 valence electrons. The van der Waals surface area contributed by atoms with Crippen LogP contribution in [0.15, 0.2) is 47.1 Å². The Hall–Kier alpha value is -1.79. The zero-order chi connectivity index (χ0) is 15.3. The molecule has 0 radical (unpaired) electrons. The lowest BCUT2D eigenvalue weighted by atomic mass is 10.2. The minimum Gasteiger partial charge on any atom is -0.467 e. The highest BCUT2D eigenvalue weighted by Gasteiger charge is 2.17. The lowest BCUT2D eigenvalue weighted by molar-refractivity contribution is -0.118. The van der Waals surface area contributed by atoms with E-state index in [1.165, 1.54) is 6.26 Å². The summed E-state index contributed by atoms with van der Waals surface area (Å²) in [6.07, 6.45) is 1.48. The first kappa shape index (κ1) is 15.6. The number of halogens is 1. The van der Waals surface area contributed by atoms with Gasteiger partial charge in [0.2, 0.25) is 5.91 Å². The molecule has 1 aromatic heterocycles. The Balaban J connectivity index is 1.88. The van der Waals surface area contributed by atoms with Gasteiger partial charge in [0.25, 0.3) is 0 Å². The number of sulfone groups is 1. The van der Waals surface area contributed by atoms with Crippen molar-refractivity contribution >= 4 is 27.3 Å². The van der Waals surface area contributed by atoms with Gasteiger partial charge in [-0.3, -0.25) is 4.79 Å². The molecule has 0 aliphatic rings. The molecule has 0 spiro atoms. The second kappa shape index (κ2) is 6.78. The van der Waals surface area contributed by atoms with Gasteiger partial charge in [0.1, 0.15) is 11.5 Å². The first-order valence-corrected chi connectivity index (χ1v) is 8.38. The van der Waals surface area contributed by atoms with Crippen molar-refractivity contribution in [2.24, 2.45) is 0 Å². The molecule has 1 heterocycles. The summed E-state index contributed by atoms with van der Waals surface area (Å²) in [5.41, 5.74) is 0.596. The van der Waals surface area contributed by atoms with Crippen LogP contribution in [0.1, 0.15) is 11.3 Å². The van der Waals surface area contributed by atoms with Crippen molar-refractivity contribution in [1.82, 2.24) is 5.32 Å². The van der Waals surface area contributed by atoms with Crippen LogP contribution in [0, 0.1) is 0 Å². The third-order valence-electron chi connectivity index (χ3n) is 2.69. The van der Waals surface area contributed by atoms with E-state index >= 15 is 0 Å². The van der Waals surface area contributed by atoms with Crippen molar-refractivity contribution in [3.8, 4) is 0 Å². The maximum Gasteiger partial charge on any atom is 0.235 e. The molecule has 0 saturated heterocycles. The number of hydrogen-bond acceptors (Lipinski definition) is 4. The number of carbonyl (C=O) groups excluding carboxylic acids is 1. The predicted molar refractivity (Wildman–Crippen MR) is 79.5 cm³/mol. The van der Waals surface area contributed by atoms with Crippen LogP contribution in [0.25, 0.3) is 0 Å². The van der Waals surface area contributed by atoms with E-state index in [0.29, 0.717) is 16.3 Å². The van der Waals surface area contributed by atoms with E-state index in [-0.39, 0.29) is 12.3 Å². The monoisotopic (exact) mass is 327 g/mol. The fraction of sp³-hybridized carbons (Fsp3) is 0.214. The highest BCUT2D eigenvalue weighted by atomic mass is 35.5. The molecule has 0 fully saturated rings. The Morgan fingerprint density at radius 1 is 1.19 bits per heavy atom. The van der Waals surface area contributed by atoms with E-state index in [1.54, 1.807) is 36.4 Å². The van der Waals surface area contributed by atoms with Crippen molar-refractivity contribution in [3.63, 3.8) is 0 Å². The van der Waals surface area contributed by atoms with Crippen molar-refractivity contribution in [2.45, 2.75) is 12.3 Å². The van der Waals surface area contributed by atoms with E-state index in [2.05, 4.69) is 5.32 Å². The number of amides is 1. The Labute approximate surface area is 127 Å². The Morgan fingerprint density at radius 2 is 1.90 bits per heavy atom. The first-order valence-electron chi connectivity index (χ1n) is 6.18. The highest BCUT2D eigenvalue weighted by molar-refractivity contribution is 7.91. The summed E-state index contributed by atoms with van der Waals surface area (Å²) >= 11 is 5.73. The van der Waals surface area contributed by atoms with Crippen LogP contribution in [0.3, 0.4) is 0 Å². The van der Waals surface area contributed by atoms with Crippen LogP contribution in [0.2, 0.25) is 5.02 Å². The Bertz CT molecular complexity index is 693. The van der Waals surface area contributed by atoms with Crippen LogP contribution in [-0.2, 0) is 26.9 Å². The van der Waals surface area contributed by atoms with Crippen molar-refractivity contribution < 1.29 is 17.6 Å². The first-order chi connectivity index (χ1) is 9.94. The van der Waals surface area contributed by atoms with Gasteiger partial charge >= 0.3 is 0 Å². The minimum atomic E-state index is -3.52. The van der Waals surface area contributed by atoms with Crippen molar-refractivity contribution in [3.05, 3.63) is 59.0 Å². The quantitative estimate of drug-likeness (QED) is 0.882. The summed E-state index contributed by atoms with van der Waals surface area (Å²) in [7, 11) is -3.52. The molecule has 0 aliphatic heterocycles. The van der Waals surface area contributed by atoms with Gasteiger partial charge in [-0.15, -0.1) is 0 Å². The summed E-state index contributed by atoms with van der Waals surface area (Å²) in [6, 6.07) is 9.87. The van der Waals surface area contributed by atoms with Gasteiger partial charge in [0.05, 0.1) is 18.6 Å². The molecule has 0 aliphatic carbocycles. The average Bonchev–Trinajstić information content (AvgIpc) is 2.91. The maximum atomic E-state index is 11.9.